The van der Waals surface area contributed by atoms with E-state index in [0.717, 1.165) is 24.8 Å². The fraction of sp³-hybridized carbons (Fsp3) is 0.667. The highest BCUT2D eigenvalue weighted by Crippen LogP contribution is 2.47. The van der Waals surface area contributed by atoms with Crippen molar-refractivity contribution in [2.24, 2.45) is 11.7 Å². The van der Waals surface area contributed by atoms with Crippen molar-refractivity contribution in [2.45, 2.75) is 57.8 Å². The quantitative estimate of drug-likeness (QED) is 0.884. The number of benzene rings is 1. The predicted molar refractivity (Wildman–Crippen MR) is 83.3 cm³/mol. The smallest absolute Gasteiger partial charge is 0.126 e. The topological polar surface area (TPSA) is 35.2 Å². The van der Waals surface area contributed by atoms with Gasteiger partial charge in [-0.25, -0.2) is 0 Å². The van der Waals surface area contributed by atoms with Gasteiger partial charge < -0.3 is 10.5 Å². The summed E-state index contributed by atoms with van der Waals surface area (Å²) in [6, 6.07) is 4.55. The number of aryl methyl sites for hydroxylation is 2. The maximum absolute atomic E-state index is 6.26. The first-order valence-electron chi connectivity index (χ1n) is 8.09. The minimum atomic E-state index is 0.186. The maximum atomic E-state index is 6.26. The first-order chi connectivity index (χ1) is 9.64. The summed E-state index contributed by atoms with van der Waals surface area (Å²) in [6.07, 6.45) is 7.77. The van der Waals surface area contributed by atoms with Crippen LogP contribution < -0.4 is 10.5 Å². The second-order valence-corrected chi connectivity index (χ2v) is 6.90. The molecule has 1 aromatic carbocycles. The van der Waals surface area contributed by atoms with Crippen molar-refractivity contribution in [3.05, 3.63) is 28.8 Å². The maximum Gasteiger partial charge on any atom is 0.126 e. The summed E-state index contributed by atoms with van der Waals surface area (Å²) >= 11 is 0. The molecule has 0 atom stereocenters. The van der Waals surface area contributed by atoms with E-state index in [1.807, 2.05) is 0 Å². The van der Waals surface area contributed by atoms with E-state index in [1.54, 1.807) is 0 Å². The van der Waals surface area contributed by atoms with Gasteiger partial charge >= 0.3 is 0 Å². The molecular formula is C18H27NO. The molecule has 110 valence electrons. The lowest BCUT2D eigenvalue weighted by molar-refractivity contribution is 0.170. The van der Waals surface area contributed by atoms with Gasteiger partial charge in [-0.1, -0.05) is 30.5 Å². The molecular weight excluding hydrogens is 246 g/mol. The molecule has 0 heterocycles. The SMILES string of the molecule is Cc1cc(C)c(OCC2CCC2)c(C2(CN)CCC2)c1. The van der Waals surface area contributed by atoms with E-state index in [4.69, 9.17) is 10.5 Å². The highest BCUT2D eigenvalue weighted by Gasteiger charge is 2.40. The van der Waals surface area contributed by atoms with Gasteiger partial charge in [-0.15, -0.1) is 0 Å². The number of hydrogen-bond donors (Lipinski definition) is 1. The Kier molecular flexibility index (Phi) is 3.76. The van der Waals surface area contributed by atoms with E-state index < -0.39 is 0 Å². The highest BCUT2D eigenvalue weighted by atomic mass is 16.5. The van der Waals surface area contributed by atoms with E-state index in [1.165, 1.54) is 55.2 Å². The largest absolute Gasteiger partial charge is 0.493 e. The van der Waals surface area contributed by atoms with Crippen LogP contribution in [0.5, 0.6) is 5.75 Å². The van der Waals surface area contributed by atoms with E-state index in [0.29, 0.717) is 0 Å². The van der Waals surface area contributed by atoms with E-state index in [-0.39, 0.29) is 5.41 Å². The van der Waals surface area contributed by atoms with Gasteiger partial charge in [-0.2, -0.15) is 0 Å². The monoisotopic (exact) mass is 273 g/mol. The molecule has 0 aromatic heterocycles. The van der Waals surface area contributed by atoms with Crippen molar-refractivity contribution in [3.8, 4) is 5.75 Å². The molecule has 0 aliphatic heterocycles. The van der Waals surface area contributed by atoms with Crippen LogP contribution >= 0.6 is 0 Å². The fourth-order valence-electron chi connectivity index (χ4n) is 3.59. The van der Waals surface area contributed by atoms with Crippen LogP contribution in [0.2, 0.25) is 0 Å². The molecule has 20 heavy (non-hydrogen) atoms. The second kappa shape index (κ2) is 5.40. The zero-order chi connectivity index (χ0) is 14.2. The van der Waals surface area contributed by atoms with Crippen molar-refractivity contribution < 1.29 is 4.74 Å². The Morgan fingerprint density at radius 3 is 2.45 bits per heavy atom. The molecule has 2 fully saturated rings. The van der Waals surface area contributed by atoms with E-state index in [9.17, 15) is 0 Å². The van der Waals surface area contributed by atoms with Crippen molar-refractivity contribution in [1.29, 1.82) is 0 Å². The van der Waals surface area contributed by atoms with E-state index in [2.05, 4.69) is 26.0 Å². The molecule has 1 aromatic rings. The normalized spacial score (nSPS) is 21.1. The fourth-order valence-corrected chi connectivity index (χ4v) is 3.59. The molecule has 0 saturated heterocycles. The van der Waals surface area contributed by atoms with Gasteiger partial charge in [-0.3, -0.25) is 0 Å². The highest BCUT2D eigenvalue weighted by molar-refractivity contribution is 5.49. The summed E-state index contributed by atoms with van der Waals surface area (Å²) in [4.78, 5) is 0. The van der Waals surface area contributed by atoms with Crippen LogP contribution in [0.4, 0.5) is 0 Å². The van der Waals surface area contributed by atoms with Gasteiger partial charge in [0.1, 0.15) is 5.75 Å². The van der Waals surface area contributed by atoms with Crippen LogP contribution in [-0.4, -0.2) is 13.2 Å². The van der Waals surface area contributed by atoms with Gasteiger partial charge in [0.2, 0.25) is 0 Å². The van der Waals surface area contributed by atoms with Crippen LogP contribution in [0.25, 0.3) is 0 Å². The molecule has 0 radical (unpaired) electrons. The van der Waals surface area contributed by atoms with Crippen LogP contribution in [-0.2, 0) is 5.41 Å². The molecule has 0 unspecified atom stereocenters. The Labute approximate surface area is 122 Å². The second-order valence-electron chi connectivity index (χ2n) is 6.90. The molecule has 2 aliphatic carbocycles. The Hall–Kier alpha value is -1.02. The predicted octanol–water partition coefficient (Wildman–Crippen LogP) is 3.86. The zero-order valence-electron chi connectivity index (χ0n) is 12.9. The van der Waals surface area contributed by atoms with Crippen molar-refractivity contribution in [3.63, 3.8) is 0 Å². The molecule has 2 heteroatoms. The van der Waals surface area contributed by atoms with Gasteiger partial charge in [0, 0.05) is 17.5 Å². The van der Waals surface area contributed by atoms with Gasteiger partial charge in [0.15, 0.2) is 0 Å². The Morgan fingerprint density at radius 1 is 1.20 bits per heavy atom. The molecule has 3 rings (SSSR count). The number of nitrogens with two attached hydrogens (primary N) is 1. The van der Waals surface area contributed by atoms with Gasteiger partial charge in [0.05, 0.1) is 6.61 Å². The average molecular weight is 273 g/mol. The first kappa shape index (κ1) is 13.9. The standard InChI is InChI=1S/C18H27NO/c1-13-9-14(2)17(20-11-15-5-3-6-15)16(10-13)18(12-19)7-4-8-18/h9-10,15H,3-8,11-12,19H2,1-2H3. The molecule has 2 aliphatic rings. The van der Waals surface area contributed by atoms with Crippen molar-refractivity contribution in [2.75, 3.05) is 13.2 Å². The molecule has 0 bridgehead atoms. The molecule has 2 N–H and O–H groups in total. The number of rotatable bonds is 5. The Bertz CT molecular complexity index is 481. The van der Waals surface area contributed by atoms with Crippen LogP contribution in [0.1, 0.15) is 55.2 Å². The van der Waals surface area contributed by atoms with Crippen molar-refractivity contribution in [1.82, 2.24) is 0 Å². The van der Waals surface area contributed by atoms with Crippen LogP contribution in [0.3, 0.4) is 0 Å². The first-order valence-corrected chi connectivity index (χ1v) is 8.09. The Morgan fingerprint density at radius 2 is 1.95 bits per heavy atom. The van der Waals surface area contributed by atoms with Gasteiger partial charge in [0.25, 0.3) is 0 Å². The lowest BCUT2D eigenvalue weighted by atomic mass is 9.64. The lowest BCUT2D eigenvalue weighted by Gasteiger charge is -2.43. The Balaban J connectivity index is 1.89. The summed E-state index contributed by atoms with van der Waals surface area (Å²) in [5.41, 5.74) is 10.3. The third kappa shape index (κ3) is 2.35. The minimum absolute atomic E-state index is 0.186. The average Bonchev–Trinajstić information content (AvgIpc) is 2.29. The third-order valence-corrected chi connectivity index (χ3v) is 5.38. The lowest BCUT2D eigenvalue weighted by Crippen LogP contribution is -2.42. The van der Waals surface area contributed by atoms with Crippen molar-refractivity contribution >= 4 is 0 Å². The summed E-state index contributed by atoms with van der Waals surface area (Å²) in [7, 11) is 0. The summed E-state index contributed by atoms with van der Waals surface area (Å²) in [5.74, 6) is 1.91. The summed E-state index contributed by atoms with van der Waals surface area (Å²) in [5, 5.41) is 0. The number of ether oxygens (including phenoxy) is 1. The summed E-state index contributed by atoms with van der Waals surface area (Å²) < 4.78 is 6.26. The third-order valence-electron chi connectivity index (χ3n) is 5.38. The molecule has 0 amide bonds. The molecule has 2 saturated carbocycles. The van der Waals surface area contributed by atoms with Crippen LogP contribution in [0, 0.1) is 19.8 Å². The minimum Gasteiger partial charge on any atom is -0.493 e. The summed E-state index contributed by atoms with van der Waals surface area (Å²) in [6.45, 7) is 5.98. The molecule has 2 nitrogen and oxygen atoms in total. The van der Waals surface area contributed by atoms with E-state index >= 15 is 0 Å². The van der Waals surface area contributed by atoms with Crippen LogP contribution in [0.15, 0.2) is 12.1 Å². The zero-order valence-corrected chi connectivity index (χ0v) is 12.9. The molecule has 0 spiro atoms. The van der Waals surface area contributed by atoms with Gasteiger partial charge in [-0.05, 0) is 51.0 Å². The number of hydrogen-bond acceptors (Lipinski definition) is 2.